The number of piperidine rings is 1. The average Bonchev–Trinajstić information content (AvgIpc) is 2.71. The maximum atomic E-state index is 12.6. The van der Waals surface area contributed by atoms with E-state index in [0.717, 1.165) is 36.1 Å². The van der Waals surface area contributed by atoms with Crippen LogP contribution in [0.3, 0.4) is 0 Å². The number of hydrogen-bond donors (Lipinski definition) is 1. The maximum Gasteiger partial charge on any atom is 0.161 e. The Balaban J connectivity index is 1.73. The predicted octanol–water partition coefficient (Wildman–Crippen LogP) is 4.61. The third kappa shape index (κ3) is 3.55. The van der Waals surface area contributed by atoms with E-state index < -0.39 is 0 Å². The molecule has 1 N–H and O–H groups in total. The topological polar surface area (TPSA) is 49.8 Å². The number of hydrogen-bond acceptors (Lipinski definition) is 4. The summed E-state index contributed by atoms with van der Waals surface area (Å²) in [6, 6.07) is 14.2. The summed E-state index contributed by atoms with van der Waals surface area (Å²) in [6.07, 6.45) is 2.94. The van der Waals surface area contributed by atoms with Gasteiger partial charge < -0.3 is 14.7 Å². The van der Waals surface area contributed by atoms with Crippen molar-refractivity contribution in [1.82, 2.24) is 4.90 Å². The highest BCUT2D eigenvalue weighted by molar-refractivity contribution is 5.82. The van der Waals surface area contributed by atoms with E-state index in [1.807, 2.05) is 49.4 Å². The fraction of sp³-hybridized carbons (Fsp3) is 0.480. The van der Waals surface area contributed by atoms with Gasteiger partial charge in [-0.05, 0) is 63.4 Å². The number of benzene rings is 2. The van der Waals surface area contributed by atoms with E-state index in [4.69, 9.17) is 4.74 Å². The van der Waals surface area contributed by atoms with E-state index in [0.29, 0.717) is 42.9 Å². The van der Waals surface area contributed by atoms with E-state index >= 15 is 0 Å². The summed E-state index contributed by atoms with van der Waals surface area (Å²) in [5.74, 6) is 1.39. The molecule has 0 radical (unpaired) electrons. The van der Waals surface area contributed by atoms with Crippen molar-refractivity contribution in [2.24, 2.45) is 5.92 Å². The molecule has 0 amide bonds. The summed E-state index contributed by atoms with van der Waals surface area (Å²) >= 11 is 0. The highest BCUT2D eigenvalue weighted by atomic mass is 16.5. The SMILES string of the molecule is Cc1ccc(OCc2ccccc2)c(O)c1[C@]12CCN(C)[C@H](C)[C@@H]1CCC(=O)C2. The zero-order valence-electron chi connectivity index (χ0n) is 17.6. The van der Waals surface area contributed by atoms with Crippen LogP contribution in [0.2, 0.25) is 0 Å². The van der Waals surface area contributed by atoms with Crippen molar-refractivity contribution in [1.29, 1.82) is 0 Å². The van der Waals surface area contributed by atoms with E-state index in [1.165, 1.54) is 0 Å². The number of Topliss-reactive ketones (excluding diaryl/α,β-unsaturated/α-hetero) is 1. The van der Waals surface area contributed by atoms with Gasteiger partial charge in [-0.25, -0.2) is 0 Å². The molecule has 4 rings (SSSR count). The second kappa shape index (κ2) is 7.83. The molecule has 3 atom stereocenters. The quantitative estimate of drug-likeness (QED) is 0.824. The Morgan fingerprint density at radius 2 is 1.97 bits per heavy atom. The Bertz CT molecular complexity index is 894. The first-order chi connectivity index (χ1) is 13.9. The standard InChI is InChI=1S/C25H31NO3/c1-17-9-12-22(29-16-19-7-5-4-6-8-19)24(28)23(17)25-13-14-26(3)18(2)21(25)11-10-20(27)15-25/h4-9,12,18,21,28H,10-11,13-16H2,1-3H3/t18-,21+,25+/m1/s1. The number of rotatable bonds is 4. The van der Waals surface area contributed by atoms with E-state index in [-0.39, 0.29) is 11.2 Å². The number of likely N-dealkylation sites (tertiary alicyclic amines) is 1. The summed E-state index contributed by atoms with van der Waals surface area (Å²) in [5, 5.41) is 11.3. The van der Waals surface area contributed by atoms with E-state index in [2.05, 4.69) is 18.9 Å². The second-order valence-electron chi connectivity index (χ2n) is 8.87. The first kappa shape index (κ1) is 20.0. The maximum absolute atomic E-state index is 12.6. The van der Waals surface area contributed by atoms with Gasteiger partial charge in [0.25, 0.3) is 0 Å². The lowest BCUT2D eigenvalue weighted by atomic mass is 9.56. The largest absolute Gasteiger partial charge is 0.504 e. The van der Waals surface area contributed by atoms with Gasteiger partial charge in [0.05, 0.1) is 0 Å². The van der Waals surface area contributed by atoms with Crippen LogP contribution in [0.25, 0.3) is 0 Å². The molecule has 2 aromatic rings. The molecule has 2 fully saturated rings. The molecule has 1 aliphatic carbocycles. The first-order valence-corrected chi connectivity index (χ1v) is 10.6. The van der Waals surface area contributed by atoms with Gasteiger partial charge in [0.15, 0.2) is 11.5 Å². The number of aromatic hydroxyl groups is 1. The van der Waals surface area contributed by atoms with Crippen LogP contribution in [0, 0.1) is 12.8 Å². The molecule has 0 aromatic heterocycles. The first-order valence-electron chi connectivity index (χ1n) is 10.6. The molecule has 154 valence electrons. The highest BCUT2D eigenvalue weighted by Gasteiger charge is 2.52. The van der Waals surface area contributed by atoms with Gasteiger partial charge >= 0.3 is 0 Å². The number of nitrogens with zero attached hydrogens (tertiary/aromatic N) is 1. The van der Waals surface area contributed by atoms with Gasteiger partial charge in [-0.1, -0.05) is 36.4 Å². The molecular formula is C25H31NO3. The lowest BCUT2D eigenvalue weighted by Crippen LogP contribution is -2.56. The molecular weight excluding hydrogens is 362 g/mol. The molecule has 4 nitrogen and oxygen atoms in total. The average molecular weight is 394 g/mol. The van der Waals surface area contributed by atoms with Gasteiger partial charge in [-0.3, -0.25) is 4.79 Å². The molecule has 4 heteroatoms. The molecule has 1 saturated carbocycles. The number of aryl methyl sites for hydroxylation is 1. The number of carbonyl (C=O) groups is 1. The van der Waals surface area contributed by atoms with Crippen LogP contribution in [-0.2, 0) is 16.8 Å². The van der Waals surface area contributed by atoms with Gasteiger partial charge in [0.2, 0.25) is 0 Å². The van der Waals surface area contributed by atoms with Crippen molar-refractivity contribution in [3.63, 3.8) is 0 Å². The van der Waals surface area contributed by atoms with Gasteiger partial charge in [0.1, 0.15) is 12.4 Å². The molecule has 2 aromatic carbocycles. The molecule has 29 heavy (non-hydrogen) atoms. The molecule has 0 unspecified atom stereocenters. The minimum absolute atomic E-state index is 0.220. The summed E-state index contributed by atoms with van der Waals surface area (Å²) < 4.78 is 6.02. The van der Waals surface area contributed by atoms with Crippen LogP contribution in [-0.4, -0.2) is 35.4 Å². The molecule has 2 aliphatic rings. The summed E-state index contributed by atoms with van der Waals surface area (Å²) in [5.41, 5.74) is 2.74. The fourth-order valence-electron chi connectivity index (χ4n) is 5.58. The Morgan fingerprint density at radius 1 is 1.21 bits per heavy atom. The van der Waals surface area contributed by atoms with Crippen molar-refractivity contribution in [3.8, 4) is 11.5 Å². The van der Waals surface area contributed by atoms with Crippen LogP contribution in [0.1, 0.15) is 49.3 Å². The Labute approximate surface area is 173 Å². The predicted molar refractivity (Wildman–Crippen MR) is 114 cm³/mol. The molecule has 1 aliphatic heterocycles. The van der Waals surface area contributed by atoms with Crippen LogP contribution in [0.4, 0.5) is 0 Å². The van der Waals surface area contributed by atoms with Crippen LogP contribution < -0.4 is 4.74 Å². The number of ketones is 1. The fourth-order valence-corrected chi connectivity index (χ4v) is 5.58. The lowest BCUT2D eigenvalue weighted by molar-refractivity contribution is -0.126. The molecule has 0 spiro atoms. The smallest absolute Gasteiger partial charge is 0.161 e. The molecule has 1 saturated heterocycles. The minimum atomic E-state index is -0.304. The summed E-state index contributed by atoms with van der Waals surface area (Å²) in [6.45, 7) is 5.64. The number of ether oxygens (including phenoxy) is 1. The normalized spacial score (nSPS) is 27.5. The van der Waals surface area contributed by atoms with Crippen molar-refractivity contribution in [2.75, 3.05) is 13.6 Å². The van der Waals surface area contributed by atoms with E-state index in [1.54, 1.807) is 0 Å². The highest BCUT2D eigenvalue weighted by Crippen LogP contribution is 2.54. The number of phenols is 1. The summed E-state index contributed by atoms with van der Waals surface area (Å²) in [7, 11) is 2.16. The molecule has 1 heterocycles. The lowest BCUT2D eigenvalue weighted by Gasteiger charge is -2.54. The minimum Gasteiger partial charge on any atom is -0.504 e. The monoisotopic (exact) mass is 393 g/mol. The third-order valence-electron chi connectivity index (χ3n) is 7.23. The zero-order valence-corrected chi connectivity index (χ0v) is 17.6. The van der Waals surface area contributed by atoms with Gasteiger partial charge in [0, 0.05) is 29.9 Å². The van der Waals surface area contributed by atoms with Crippen molar-refractivity contribution >= 4 is 5.78 Å². The van der Waals surface area contributed by atoms with Crippen molar-refractivity contribution in [2.45, 2.75) is 57.6 Å². The van der Waals surface area contributed by atoms with Gasteiger partial charge in [-0.2, -0.15) is 0 Å². The second-order valence-corrected chi connectivity index (χ2v) is 8.87. The number of phenolic OH excluding ortho intramolecular Hbond substituents is 1. The van der Waals surface area contributed by atoms with Crippen molar-refractivity contribution in [3.05, 3.63) is 59.2 Å². The summed E-state index contributed by atoms with van der Waals surface area (Å²) in [4.78, 5) is 15.0. The Kier molecular flexibility index (Phi) is 5.39. The third-order valence-corrected chi connectivity index (χ3v) is 7.23. The van der Waals surface area contributed by atoms with E-state index in [9.17, 15) is 9.90 Å². The Morgan fingerprint density at radius 3 is 2.72 bits per heavy atom. The Hall–Kier alpha value is -2.33. The zero-order chi connectivity index (χ0) is 20.6. The van der Waals surface area contributed by atoms with Crippen molar-refractivity contribution < 1.29 is 14.6 Å². The number of fused-ring (bicyclic) bond motifs is 1. The number of carbonyl (C=O) groups excluding carboxylic acids is 1. The van der Waals surface area contributed by atoms with Gasteiger partial charge in [-0.15, -0.1) is 0 Å². The van der Waals surface area contributed by atoms with Crippen LogP contribution >= 0.6 is 0 Å². The van der Waals surface area contributed by atoms with Crippen LogP contribution in [0.5, 0.6) is 11.5 Å². The molecule has 0 bridgehead atoms. The van der Waals surface area contributed by atoms with Crippen LogP contribution in [0.15, 0.2) is 42.5 Å².